The van der Waals surface area contributed by atoms with E-state index in [2.05, 4.69) is 16.7 Å². The Hall–Kier alpha value is -0.610. The molecule has 2 saturated heterocycles. The minimum Gasteiger partial charge on any atom is -0.347 e. The van der Waals surface area contributed by atoms with Crippen LogP contribution in [-0.4, -0.2) is 73.5 Å². The smallest absolute Gasteiger partial charge is 0.239 e. The Morgan fingerprint density at radius 2 is 1.76 bits per heavy atom. The van der Waals surface area contributed by atoms with Gasteiger partial charge in [0.05, 0.1) is 6.04 Å². The number of likely N-dealkylation sites (N-methyl/N-ethyl adjacent to an activating group) is 1. The van der Waals surface area contributed by atoms with Crippen LogP contribution < -0.4 is 0 Å². The van der Waals surface area contributed by atoms with Crippen molar-refractivity contribution in [2.24, 2.45) is 5.92 Å². The molecule has 0 saturated carbocycles. The first kappa shape index (κ1) is 16.8. The van der Waals surface area contributed by atoms with Gasteiger partial charge in [-0.3, -0.25) is 9.69 Å². The monoisotopic (exact) mass is 295 g/mol. The molecule has 2 fully saturated rings. The third-order valence-electron chi connectivity index (χ3n) is 5.11. The summed E-state index contributed by atoms with van der Waals surface area (Å²) in [4.78, 5) is 18.9. The Morgan fingerprint density at radius 3 is 2.38 bits per heavy atom. The van der Waals surface area contributed by atoms with E-state index in [1.165, 1.54) is 58.2 Å². The Bertz CT molecular complexity index is 324. The highest BCUT2D eigenvalue weighted by atomic mass is 16.2. The van der Waals surface area contributed by atoms with Crippen LogP contribution >= 0.6 is 0 Å². The Morgan fingerprint density at radius 1 is 1.10 bits per heavy atom. The standard InChI is InChI=1S/C17H33N3O/c1-15(17(21)18(2)3)20-12-8-9-16(14-20)13-19-10-6-4-5-7-11-19/h15-16H,4-14H2,1-3H3/t15-,16+/m1/s1. The van der Waals surface area contributed by atoms with E-state index in [9.17, 15) is 4.79 Å². The molecule has 122 valence electrons. The lowest BCUT2D eigenvalue weighted by Gasteiger charge is -2.38. The van der Waals surface area contributed by atoms with Crippen LogP contribution in [0.4, 0.5) is 0 Å². The molecule has 2 aliphatic heterocycles. The zero-order valence-electron chi connectivity index (χ0n) is 14.2. The SMILES string of the molecule is C[C@H](C(=O)N(C)C)N1CCC[C@@H](CN2CCCCCC2)C1. The zero-order chi connectivity index (χ0) is 15.2. The average molecular weight is 295 g/mol. The predicted octanol–water partition coefficient (Wildman–Crippen LogP) is 2.05. The van der Waals surface area contributed by atoms with Gasteiger partial charge in [-0.15, -0.1) is 0 Å². The van der Waals surface area contributed by atoms with Gasteiger partial charge in [0.25, 0.3) is 0 Å². The number of hydrogen-bond donors (Lipinski definition) is 0. The van der Waals surface area contributed by atoms with E-state index in [1.54, 1.807) is 4.90 Å². The lowest BCUT2D eigenvalue weighted by Crippen LogP contribution is -2.50. The van der Waals surface area contributed by atoms with Crippen LogP contribution in [0.1, 0.15) is 45.4 Å². The average Bonchev–Trinajstić information content (AvgIpc) is 2.74. The number of carbonyl (C=O) groups is 1. The first-order valence-corrected chi connectivity index (χ1v) is 8.75. The van der Waals surface area contributed by atoms with Crippen molar-refractivity contribution in [3.05, 3.63) is 0 Å². The minimum absolute atomic E-state index is 0.0342. The van der Waals surface area contributed by atoms with Crippen LogP contribution in [0.3, 0.4) is 0 Å². The molecule has 4 heteroatoms. The van der Waals surface area contributed by atoms with Crippen LogP contribution in [-0.2, 0) is 4.79 Å². The maximum atomic E-state index is 12.2. The van der Waals surface area contributed by atoms with Gasteiger partial charge in [0.1, 0.15) is 0 Å². The van der Waals surface area contributed by atoms with Crippen LogP contribution in [0.5, 0.6) is 0 Å². The molecule has 0 aliphatic carbocycles. The van der Waals surface area contributed by atoms with Gasteiger partial charge in [-0.2, -0.15) is 0 Å². The van der Waals surface area contributed by atoms with Crippen molar-refractivity contribution in [3.63, 3.8) is 0 Å². The quantitative estimate of drug-likeness (QED) is 0.794. The second-order valence-corrected chi connectivity index (χ2v) is 7.13. The molecule has 2 aliphatic rings. The molecule has 2 rings (SSSR count). The van der Waals surface area contributed by atoms with Crippen LogP contribution in [0, 0.1) is 5.92 Å². The number of nitrogens with zero attached hydrogens (tertiary/aromatic N) is 3. The summed E-state index contributed by atoms with van der Waals surface area (Å²) < 4.78 is 0. The van der Waals surface area contributed by atoms with Crippen molar-refractivity contribution < 1.29 is 4.79 Å². The van der Waals surface area contributed by atoms with Gasteiger partial charge in [0, 0.05) is 27.2 Å². The summed E-state index contributed by atoms with van der Waals surface area (Å²) in [5.74, 6) is 0.986. The van der Waals surface area contributed by atoms with Gasteiger partial charge in [-0.25, -0.2) is 0 Å². The maximum Gasteiger partial charge on any atom is 0.239 e. The Balaban J connectivity index is 1.83. The van der Waals surface area contributed by atoms with E-state index in [0.717, 1.165) is 19.0 Å². The molecule has 0 bridgehead atoms. The maximum absolute atomic E-state index is 12.2. The summed E-state index contributed by atoms with van der Waals surface area (Å²) in [5, 5.41) is 0. The zero-order valence-corrected chi connectivity index (χ0v) is 14.2. The molecule has 2 heterocycles. The number of likely N-dealkylation sites (tertiary alicyclic amines) is 2. The summed E-state index contributed by atoms with van der Waals surface area (Å²) in [5.41, 5.74) is 0. The molecule has 0 aromatic rings. The van der Waals surface area contributed by atoms with E-state index in [1.807, 2.05) is 14.1 Å². The van der Waals surface area contributed by atoms with E-state index in [4.69, 9.17) is 0 Å². The third-order valence-corrected chi connectivity index (χ3v) is 5.11. The van der Waals surface area contributed by atoms with E-state index in [0.29, 0.717) is 0 Å². The molecule has 4 nitrogen and oxygen atoms in total. The molecule has 0 N–H and O–H groups in total. The lowest BCUT2D eigenvalue weighted by molar-refractivity contribution is -0.134. The van der Waals surface area contributed by atoms with Crippen molar-refractivity contribution in [1.29, 1.82) is 0 Å². The van der Waals surface area contributed by atoms with Crippen molar-refractivity contribution in [2.45, 2.75) is 51.5 Å². The predicted molar refractivity (Wildman–Crippen MR) is 87.4 cm³/mol. The van der Waals surface area contributed by atoms with Gasteiger partial charge >= 0.3 is 0 Å². The Labute approximate surface area is 130 Å². The normalized spacial score (nSPS) is 27.1. The highest BCUT2D eigenvalue weighted by Crippen LogP contribution is 2.21. The topological polar surface area (TPSA) is 26.8 Å². The Kier molecular flexibility index (Phi) is 6.49. The first-order chi connectivity index (χ1) is 10.1. The highest BCUT2D eigenvalue weighted by molar-refractivity contribution is 5.80. The molecule has 0 aromatic heterocycles. The summed E-state index contributed by atoms with van der Waals surface area (Å²) >= 11 is 0. The van der Waals surface area contributed by atoms with Gasteiger partial charge in [-0.1, -0.05) is 12.8 Å². The number of piperidine rings is 1. The largest absolute Gasteiger partial charge is 0.347 e. The fourth-order valence-corrected chi connectivity index (χ4v) is 3.81. The van der Waals surface area contributed by atoms with E-state index < -0.39 is 0 Å². The second kappa shape index (κ2) is 8.14. The summed E-state index contributed by atoms with van der Waals surface area (Å²) in [6, 6.07) is 0.0342. The minimum atomic E-state index is 0.0342. The van der Waals surface area contributed by atoms with Crippen LogP contribution in [0.2, 0.25) is 0 Å². The fraction of sp³-hybridized carbons (Fsp3) is 0.941. The molecule has 0 radical (unpaired) electrons. The van der Waals surface area contributed by atoms with Gasteiger partial charge in [-0.05, 0) is 58.2 Å². The molecule has 0 aromatic carbocycles. The van der Waals surface area contributed by atoms with Gasteiger partial charge in [0.15, 0.2) is 0 Å². The summed E-state index contributed by atoms with van der Waals surface area (Å²) in [6.07, 6.45) is 8.11. The van der Waals surface area contributed by atoms with E-state index in [-0.39, 0.29) is 11.9 Å². The van der Waals surface area contributed by atoms with Gasteiger partial charge in [0.2, 0.25) is 5.91 Å². The fourth-order valence-electron chi connectivity index (χ4n) is 3.81. The van der Waals surface area contributed by atoms with Gasteiger partial charge < -0.3 is 9.80 Å². The van der Waals surface area contributed by atoms with Crippen molar-refractivity contribution in [3.8, 4) is 0 Å². The molecule has 0 unspecified atom stereocenters. The molecule has 2 atom stereocenters. The van der Waals surface area contributed by atoms with Crippen molar-refractivity contribution in [1.82, 2.24) is 14.7 Å². The lowest BCUT2D eigenvalue weighted by atomic mass is 9.96. The molecule has 21 heavy (non-hydrogen) atoms. The van der Waals surface area contributed by atoms with Crippen LogP contribution in [0.25, 0.3) is 0 Å². The molecule has 0 spiro atoms. The molecular formula is C17H33N3O. The second-order valence-electron chi connectivity index (χ2n) is 7.13. The third kappa shape index (κ3) is 4.96. The molecular weight excluding hydrogens is 262 g/mol. The van der Waals surface area contributed by atoms with Crippen molar-refractivity contribution >= 4 is 5.91 Å². The number of hydrogen-bond acceptors (Lipinski definition) is 3. The number of amides is 1. The van der Waals surface area contributed by atoms with Crippen molar-refractivity contribution in [2.75, 3.05) is 46.8 Å². The van der Waals surface area contributed by atoms with Crippen LogP contribution in [0.15, 0.2) is 0 Å². The summed E-state index contributed by atoms with van der Waals surface area (Å²) in [7, 11) is 3.72. The van der Waals surface area contributed by atoms with E-state index >= 15 is 0 Å². The summed E-state index contributed by atoms with van der Waals surface area (Å²) in [6.45, 7) is 8.04. The molecule has 1 amide bonds. The number of carbonyl (C=O) groups excluding carboxylic acids is 1. The highest BCUT2D eigenvalue weighted by Gasteiger charge is 2.29. The number of rotatable bonds is 4. The first-order valence-electron chi connectivity index (χ1n) is 8.75.